The second-order valence-corrected chi connectivity index (χ2v) is 6.55. The number of benzene rings is 1. The third kappa shape index (κ3) is 3.91. The number of rotatable bonds is 6. The molecule has 20 heavy (non-hydrogen) atoms. The van der Waals surface area contributed by atoms with Gasteiger partial charge in [0.05, 0.1) is 16.7 Å². The summed E-state index contributed by atoms with van der Waals surface area (Å²) < 4.78 is 5.13. The van der Waals surface area contributed by atoms with Crippen LogP contribution in [-0.2, 0) is 0 Å². The fourth-order valence-corrected chi connectivity index (χ4v) is 3.63. The number of ether oxygens (including phenoxy) is 1. The topological polar surface area (TPSA) is 42.4 Å². The molecule has 3 nitrogen and oxygen atoms in total. The van der Waals surface area contributed by atoms with Gasteiger partial charge in [0.2, 0.25) is 0 Å². The molecule has 0 saturated heterocycles. The van der Waals surface area contributed by atoms with Crippen molar-refractivity contribution in [2.24, 2.45) is 0 Å². The third-order valence-electron chi connectivity index (χ3n) is 2.82. The molecule has 0 bridgehead atoms. The van der Waals surface area contributed by atoms with Gasteiger partial charge in [-0.2, -0.15) is 0 Å². The first-order valence-corrected chi connectivity index (χ1v) is 8.34. The number of hydrogen-bond donors (Lipinski definition) is 1. The van der Waals surface area contributed by atoms with Crippen LogP contribution in [0.2, 0.25) is 0 Å². The van der Waals surface area contributed by atoms with E-state index in [2.05, 4.69) is 4.98 Å². The van der Waals surface area contributed by atoms with Gasteiger partial charge in [-0.15, -0.1) is 11.8 Å². The van der Waals surface area contributed by atoms with Crippen LogP contribution in [0.15, 0.2) is 53.7 Å². The van der Waals surface area contributed by atoms with Crippen molar-refractivity contribution in [1.29, 1.82) is 0 Å². The van der Waals surface area contributed by atoms with Crippen molar-refractivity contribution in [2.45, 2.75) is 15.7 Å². The van der Waals surface area contributed by atoms with Gasteiger partial charge >= 0.3 is 0 Å². The van der Waals surface area contributed by atoms with E-state index < -0.39 is 6.10 Å². The van der Waals surface area contributed by atoms with E-state index in [9.17, 15) is 5.11 Å². The molecule has 2 rings (SSSR count). The average molecular weight is 307 g/mol. The minimum absolute atomic E-state index is 0.00158. The summed E-state index contributed by atoms with van der Waals surface area (Å²) in [5, 5.41) is 11.4. The van der Waals surface area contributed by atoms with Crippen molar-refractivity contribution in [2.75, 3.05) is 13.4 Å². The number of aromatic nitrogens is 1. The minimum atomic E-state index is -0.553. The molecule has 106 valence electrons. The molecule has 2 aromatic rings. The molecule has 0 unspecified atom stereocenters. The van der Waals surface area contributed by atoms with Crippen LogP contribution in [0.25, 0.3) is 0 Å². The minimum Gasteiger partial charge on any atom is -0.497 e. The summed E-state index contributed by atoms with van der Waals surface area (Å²) in [5.74, 6) is 0.791. The maximum atomic E-state index is 10.5. The van der Waals surface area contributed by atoms with Gasteiger partial charge in [-0.05, 0) is 36.1 Å². The number of aliphatic hydroxyl groups excluding tert-OH is 1. The Morgan fingerprint density at radius 3 is 2.45 bits per heavy atom. The molecule has 1 aromatic carbocycles. The Labute approximate surface area is 127 Å². The lowest BCUT2D eigenvalue weighted by atomic mass is 10.1. The first kappa shape index (κ1) is 15.2. The van der Waals surface area contributed by atoms with Crippen molar-refractivity contribution >= 4 is 23.5 Å². The summed E-state index contributed by atoms with van der Waals surface area (Å²) in [5.41, 5.74) is 0.883. The van der Waals surface area contributed by atoms with E-state index in [1.165, 1.54) is 0 Å². The van der Waals surface area contributed by atoms with E-state index in [1.54, 1.807) is 36.8 Å². The zero-order chi connectivity index (χ0) is 14.4. The molecule has 1 N–H and O–H groups in total. The van der Waals surface area contributed by atoms with Crippen LogP contribution in [0.3, 0.4) is 0 Å². The molecule has 0 spiro atoms. The van der Waals surface area contributed by atoms with Gasteiger partial charge in [-0.3, -0.25) is 0 Å². The van der Waals surface area contributed by atoms with Crippen molar-refractivity contribution in [3.63, 3.8) is 0 Å². The molecule has 0 aliphatic rings. The Bertz CT molecular complexity index is 519. The Balaban J connectivity index is 2.09. The zero-order valence-electron chi connectivity index (χ0n) is 11.4. The summed E-state index contributed by atoms with van der Waals surface area (Å²) in [6, 6.07) is 13.3. The second-order valence-electron chi connectivity index (χ2n) is 4.11. The Morgan fingerprint density at radius 2 is 1.90 bits per heavy atom. The van der Waals surface area contributed by atoms with E-state index in [4.69, 9.17) is 4.74 Å². The quantitative estimate of drug-likeness (QED) is 0.652. The first-order chi connectivity index (χ1) is 9.74. The van der Waals surface area contributed by atoms with Gasteiger partial charge in [0, 0.05) is 6.20 Å². The highest BCUT2D eigenvalue weighted by Gasteiger charge is 2.21. The third-order valence-corrected chi connectivity index (χ3v) is 5.38. The molecule has 0 aliphatic carbocycles. The fraction of sp³-hybridized carbons (Fsp3) is 0.267. The van der Waals surface area contributed by atoms with E-state index in [1.807, 2.05) is 48.7 Å². The molecule has 0 fully saturated rings. The van der Waals surface area contributed by atoms with E-state index in [-0.39, 0.29) is 4.58 Å². The molecular formula is C15H17NO2S2. The standard InChI is InChI=1S/C15H17NO2S2/c1-18-12-8-6-11(7-9-12)14(17)15(19-2)20-13-5-3-4-10-16-13/h3-10,14-15,17H,1-2H3/t14-,15+/m1/s1. The number of nitrogens with zero attached hydrogens (tertiary/aromatic N) is 1. The number of thioether (sulfide) groups is 2. The lowest BCUT2D eigenvalue weighted by Gasteiger charge is -2.20. The normalized spacial score (nSPS) is 13.8. The van der Waals surface area contributed by atoms with Crippen molar-refractivity contribution in [3.05, 3.63) is 54.2 Å². The summed E-state index contributed by atoms with van der Waals surface area (Å²) >= 11 is 3.19. The highest BCUT2D eigenvalue weighted by atomic mass is 32.2. The van der Waals surface area contributed by atoms with Crippen LogP contribution in [0.5, 0.6) is 5.75 Å². The molecule has 5 heteroatoms. The van der Waals surface area contributed by atoms with Crippen LogP contribution in [0.1, 0.15) is 11.7 Å². The maximum Gasteiger partial charge on any atom is 0.118 e. The number of hydrogen-bond acceptors (Lipinski definition) is 5. The fourth-order valence-electron chi connectivity index (χ4n) is 1.74. The molecule has 0 amide bonds. The van der Waals surface area contributed by atoms with Gasteiger partial charge in [-0.1, -0.05) is 30.0 Å². The number of methoxy groups -OCH3 is 1. The number of aliphatic hydroxyl groups is 1. The Hall–Kier alpha value is -1.17. The van der Waals surface area contributed by atoms with Gasteiger partial charge in [-0.25, -0.2) is 4.98 Å². The van der Waals surface area contributed by atoms with E-state index >= 15 is 0 Å². The monoisotopic (exact) mass is 307 g/mol. The van der Waals surface area contributed by atoms with Crippen LogP contribution in [0.4, 0.5) is 0 Å². The number of pyridine rings is 1. The van der Waals surface area contributed by atoms with Crippen LogP contribution >= 0.6 is 23.5 Å². The highest BCUT2D eigenvalue weighted by molar-refractivity contribution is 8.16. The largest absolute Gasteiger partial charge is 0.497 e. The molecule has 0 saturated carbocycles. The molecule has 1 aromatic heterocycles. The predicted octanol–water partition coefficient (Wildman–Crippen LogP) is 3.61. The van der Waals surface area contributed by atoms with Crippen molar-refractivity contribution < 1.29 is 9.84 Å². The molecular weight excluding hydrogens is 290 g/mol. The van der Waals surface area contributed by atoms with Gasteiger partial charge in [0.1, 0.15) is 11.9 Å². The summed E-state index contributed by atoms with van der Waals surface area (Å²) in [4.78, 5) is 4.29. The molecule has 0 radical (unpaired) electrons. The van der Waals surface area contributed by atoms with Crippen LogP contribution in [-0.4, -0.2) is 28.0 Å². The Morgan fingerprint density at radius 1 is 1.15 bits per heavy atom. The predicted molar refractivity (Wildman–Crippen MR) is 85.4 cm³/mol. The lowest BCUT2D eigenvalue weighted by molar-refractivity contribution is 0.196. The summed E-state index contributed by atoms with van der Waals surface area (Å²) in [6.45, 7) is 0. The van der Waals surface area contributed by atoms with Crippen molar-refractivity contribution in [3.8, 4) is 5.75 Å². The van der Waals surface area contributed by atoms with Gasteiger partial charge in [0.25, 0.3) is 0 Å². The summed E-state index contributed by atoms with van der Waals surface area (Å²) in [7, 11) is 1.63. The van der Waals surface area contributed by atoms with Crippen LogP contribution in [0, 0.1) is 0 Å². The lowest BCUT2D eigenvalue weighted by Crippen LogP contribution is -2.11. The van der Waals surface area contributed by atoms with E-state index in [0.29, 0.717) is 0 Å². The second kappa shape index (κ2) is 7.57. The van der Waals surface area contributed by atoms with Gasteiger partial charge in [0.15, 0.2) is 0 Å². The van der Waals surface area contributed by atoms with Gasteiger partial charge < -0.3 is 9.84 Å². The van der Waals surface area contributed by atoms with Crippen molar-refractivity contribution in [1.82, 2.24) is 4.98 Å². The Kier molecular flexibility index (Phi) is 5.76. The molecule has 2 atom stereocenters. The SMILES string of the molecule is COc1ccc([C@@H](O)[C@@H](SC)Sc2ccccn2)cc1. The summed E-state index contributed by atoms with van der Waals surface area (Å²) in [6.07, 6.45) is 3.20. The van der Waals surface area contributed by atoms with Crippen LogP contribution < -0.4 is 4.74 Å². The smallest absolute Gasteiger partial charge is 0.118 e. The average Bonchev–Trinajstić information content (AvgIpc) is 2.53. The van der Waals surface area contributed by atoms with E-state index in [0.717, 1.165) is 16.3 Å². The molecule has 1 heterocycles. The zero-order valence-corrected chi connectivity index (χ0v) is 13.0. The highest BCUT2D eigenvalue weighted by Crippen LogP contribution is 2.37. The first-order valence-electron chi connectivity index (χ1n) is 6.17. The molecule has 0 aliphatic heterocycles. The maximum absolute atomic E-state index is 10.5.